The van der Waals surface area contributed by atoms with E-state index >= 15 is 0 Å². The molecule has 0 saturated heterocycles. The molecule has 6 heteroatoms. The maximum atomic E-state index is 12.2. The molecule has 1 aliphatic carbocycles. The summed E-state index contributed by atoms with van der Waals surface area (Å²) in [5.41, 5.74) is 7.40. The van der Waals surface area contributed by atoms with Crippen molar-refractivity contribution in [2.45, 2.75) is 52.0 Å². The van der Waals surface area contributed by atoms with Gasteiger partial charge in [0.05, 0.1) is 18.2 Å². The van der Waals surface area contributed by atoms with Gasteiger partial charge in [-0.3, -0.25) is 4.79 Å². The zero-order valence-corrected chi connectivity index (χ0v) is 13.3. The molecule has 1 aromatic heterocycles. The molecule has 0 aliphatic heterocycles. The van der Waals surface area contributed by atoms with Crippen LogP contribution in [-0.2, 0) is 22.4 Å². The Bertz CT molecular complexity index is 539. The highest BCUT2D eigenvalue weighted by molar-refractivity contribution is 7.17. The molecule has 1 aromatic rings. The molecule has 0 unspecified atom stereocenters. The Hall–Kier alpha value is -1.40. The van der Waals surface area contributed by atoms with Crippen LogP contribution in [0.2, 0.25) is 0 Å². The van der Waals surface area contributed by atoms with Crippen LogP contribution in [0.4, 0.5) is 5.00 Å². The Morgan fingerprint density at radius 2 is 2.14 bits per heavy atom. The highest BCUT2D eigenvalue weighted by atomic mass is 32.1. The number of rotatable bonds is 6. The zero-order chi connectivity index (χ0) is 15.4. The number of aryl methyl sites for hydroxylation is 1. The quantitative estimate of drug-likeness (QED) is 0.791. The third-order valence-electron chi connectivity index (χ3n) is 3.57. The smallest absolute Gasteiger partial charge is 0.341 e. The summed E-state index contributed by atoms with van der Waals surface area (Å²) in [6, 6.07) is -0.540. The highest BCUT2D eigenvalue weighted by Crippen LogP contribution is 2.39. The van der Waals surface area contributed by atoms with E-state index in [0.717, 1.165) is 31.2 Å². The van der Waals surface area contributed by atoms with Crippen molar-refractivity contribution in [1.82, 2.24) is 0 Å². The number of fused-ring (bicyclic) bond motifs is 1. The van der Waals surface area contributed by atoms with E-state index in [-0.39, 0.29) is 11.9 Å². The molecule has 0 spiro atoms. The molecule has 116 valence electrons. The number of nitrogens with one attached hydrogen (secondary N) is 1. The molecule has 1 aliphatic rings. The number of thiophene rings is 1. The lowest BCUT2D eigenvalue weighted by atomic mass is 10.1. The molecule has 1 atom stereocenters. The molecule has 0 radical (unpaired) electrons. The fourth-order valence-electron chi connectivity index (χ4n) is 2.56. The van der Waals surface area contributed by atoms with E-state index in [2.05, 4.69) is 5.32 Å². The Labute approximate surface area is 128 Å². The minimum atomic E-state index is -0.540. The normalized spacial score (nSPS) is 14.6. The maximum absolute atomic E-state index is 12.2. The summed E-state index contributed by atoms with van der Waals surface area (Å²) in [4.78, 5) is 25.4. The summed E-state index contributed by atoms with van der Waals surface area (Å²) in [7, 11) is 0. The van der Waals surface area contributed by atoms with Crippen LogP contribution in [0, 0.1) is 0 Å². The zero-order valence-electron chi connectivity index (χ0n) is 12.5. The Morgan fingerprint density at radius 3 is 2.81 bits per heavy atom. The van der Waals surface area contributed by atoms with Gasteiger partial charge < -0.3 is 15.8 Å². The van der Waals surface area contributed by atoms with Gasteiger partial charge in [0.1, 0.15) is 5.00 Å². The molecule has 1 heterocycles. The van der Waals surface area contributed by atoms with Gasteiger partial charge in [0.2, 0.25) is 5.91 Å². The Kier molecular flexibility index (Phi) is 5.36. The van der Waals surface area contributed by atoms with Crippen LogP contribution in [0.15, 0.2) is 0 Å². The summed E-state index contributed by atoms with van der Waals surface area (Å²) in [6.45, 7) is 4.09. The van der Waals surface area contributed by atoms with Gasteiger partial charge >= 0.3 is 5.97 Å². The number of esters is 1. The molecular weight excluding hydrogens is 288 g/mol. The molecule has 0 aromatic carbocycles. The number of carbonyl (C=O) groups is 2. The van der Waals surface area contributed by atoms with Crippen LogP contribution >= 0.6 is 11.3 Å². The lowest BCUT2D eigenvalue weighted by Gasteiger charge is -2.12. The van der Waals surface area contributed by atoms with E-state index < -0.39 is 6.04 Å². The third-order valence-corrected chi connectivity index (χ3v) is 4.78. The van der Waals surface area contributed by atoms with Crippen LogP contribution in [0.5, 0.6) is 0 Å². The lowest BCUT2D eigenvalue weighted by Crippen LogP contribution is -2.35. The first-order valence-corrected chi connectivity index (χ1v) is 8.28. The minimum Gasteiger partial charge on any atom is -0.462 e. The fraction of sp³-hybridized carbons (Fsp3) is 0.600. The van der Waals surface area contributed by atoms with Crippen molar-refractivity contribution in [2.75, 3.05) is 11.9 Å². The van der Waals surface area contributed by atoms with E-state index in [1.165, 1.54) is 16.2 Å². The first-order valence-electron chi connectivity index (χ1n) is 7.46. The number of anilines is 1. The Morgan fingerprint density at radius 1 is 1.38 bits per heavy atom. The SMILES string of the molecule is CCC[C@@H](N)C(=O)Nc1sc2c(c1C(=O)OCC)CCC2. The summed E-state index contributed by atoms with van der Waals surface area (Å²) in [5.74, 6) is -0.585. The molecule has 0 fully saturated rings. The predicted octanol–water partition coefficient (Wildman–Crippen LogP) is 2.48. The van der Waals surface area contributed by atoms with Gasteiger partial charge in [0, 0.05) is 4.88 Å². The number of amides is 1. The molecule has 3 N–H and O–H groups in total. The summed E-state index contributed by atoms with van der Waals surface area (Å²) < 4.78 is 5.13. The number of ether oxygens (including phenoxy) is 1. The van der Waals surface area contributed by atoms with Crippen LogP contribution in [-0.4, -0.2) is 24.5 Å². The van der Waals surface area contributed by atoms with Crippen molar-refractivity contribution in [1.29, 1.82) is 0 Å². The van der Waals surface area contributed by atoms with Crippen molar-refractivity contribution >= 4 is 28.2 Å². The van der Waals surface area contributed by atoms with Gasteiger partial charge in [-0.2, -0.15) is 0 Å². The van der Waals surface area contributed by atoms with Crippen LogP contribution in [0.3, 0.4) is 0 Å². The number of carbonyl (C=O) groups excluding carboxylic acids is 2. The number of hydrogen-bond acceptors (Lipinski definition) is 5. The largest absolute Gasteiger partial charge is 0.462 e. The van der Waals surface area contributed by atoms with Gasteiger partial charge in [-0.05, 0) is 38.2 Å². The van der Waals surface area contributed by atoms with Crippen LogP contribution in [0.25, 0.3) is 0 Å². The molecule has 2 rings (SSSR count). The van der Waals surface area contributed by atoms with E-state index in [1.54, 1.807) is 6.92 Å². The molecule has 1 amide bonds. The fourth-order valence-corrected chi connectivity index (χ4v) is 3.84. The monoisotopic (exact) mass is 310 g/mol. The topological polar surface area (TPSA) is 81.4 Å². The number of nitrogens with two attached hydrogens (primary N) is 1. The lowest BCUT2D eigenvalue weighted by molar-refractivity contribution is -0.117. The second kappa shape index (κ2) is 7.04. The molecule has 5 nitrogen and oxygen atoms in total. The number of hydrogen-bond donors (Lipinski definition) is 2. The molecular formula is C15H22N2O3S. The van der Waals surface area contributed by atoms with Crippen molar-refractivity contribution in [3.05, 3.63) is 16.0 Å². The van der Waals surface area contributed by atoms with Crippen LogP contribution < -0.4 is 11.1 Å². The van der Waals surface area contributed by atoms with E-state index in [1.807, 2.05) is 6.92 Å². The van der Waals surface area contributed by atoms with Gasteiger partial charge in [0.25, 0.3) is 0 Å². The van der Waals surface area contributed by atoms with Crippen molar-refractivity contribution in [2.24, 2.45) is 5.73 Å². The van der Waals surface area contributed by atoms with Gasteiger partial charge in [-0.1, -0.05) is 13.3 Å². The van der Waals surface area contributed by atoms with E-state index in [4.69, 9.17) is 10.5 Å². The maximum Gasteiger partial charge on any atom is 0.341 e. The standard InChI is InChI=1S/C15H22N2O3S/c1-3-6-10(16)13(18)17-14-12(15(19)20-4-2)9-7-5-8-11(9)21-14/h10H,3-8,16H2,1-2H3,(H,17,18)/t10-/m1/s1. The molecule has 21 heavy (non-hydrogen) atoms. The van der Waals surface area contributed by atoms with Crippen molar-refractivity contribution < 1.29 is 14.3 Å². The highest BCUT2D eigenvalue weighted by Gasteiger charge is 2.28. The first-order chi connectivity index (χ1) is 10.1. The third kappa shape index (κ3) is 3.44. The van der Waals surface area contributed by atoms with E-state index in [9.17, 15) is 9.59 Å². The van der Waals surface area contributed by atoms with Crippen LogP contribution in [0.1, 0.15) is 53.9 Å². The summed E-state index contributed by atoms with van der Waals surface area (Å²) >= 11 is 1.48. The second-order valence-corrected chi connectivity index (χ2v) is 6.27. The average Bonchev–Trinajstić information content (AvgIpc) is 2.99. The van der Waals surface area contributed by atoms with Crippen molar-refractivity contribution in [3.8, 4) is 0 Å². The van der Waals surface area contributed by atoms with Gasteiger partial charge in [0.15, 0.2) is 0 Å². The minimum absolute atomic E-state index is 0.234. The summed E-state index contributed by atoms with van der Waals surface area (Å²) in [5, 5.41) is 3.41. The van der Waals surface area contributed by atoms with E-state index in [0.29, 0.717) is 23.6 Å². The predicted molar refractivity (Wildman–Crippen MR) is 83.8 cm³/mol. The van der Waals surface area contributed by atoms with Gasteiger partial charge in [-0.15, -0.1) is 11.3 Å². The average molecular weight is 310 g/mol. The molecule has 0 saturated carbocycles. The Balaban J connectivity index is 2.23. The van der Waals surface area contributed by atoms with Gasteiger partial charge in [-0.25, -0.2) is 4.79 Å². The summed E-state index contributed by atoms with van der Waals surface area (Å²) in [6.07, 6.45) is 4.36. The molecule has 0 bridgehead atoms. The second-order valence-electron chi connectivity index (χ2n) is 5.17. The first kappa shape index (κ1) is 16.0. The van der Waals surface area contributed by atoms with Crippen molar-refractivity contribution in [3.63, 3.8) is 0 Å².